The van der Waals surface area contributed by atoms with Crippen molar-refractivity contribution in [1.29, 1.82) is 5.26 Å². The van der Waals surface area contributed by atoms with Crippen molar-refractivity contribution < 1.29 is 9.90 Å². The quantitative estimate of drug-likeness (QED) is 0.792. The summed E-state index contributed by atoms with van der Waals surface area (Å²) in [6.45, 7) is 4.92. The Morgan fingerprint density at radius 3 is 2.76 bits per heavy atom. The molecule has 0 aromatic heterocycles. The topological polar surface area (TPSA) is 61.1 Å². The van der Waals surface area contributed by atoms with Gasteiger partial charge < -0.3 is 5.11 Å². The summed E-state index contributed by atoms with van der Waals surface area (Å²) in [4.78, 5) is 12.1. The fourth-order valence-electron chi connectivity index (χ4n) is 8.17. The Morgan fingerprint density at radius 1 is 1.24 bits per heavy atom. The van der Waals surface area contributed by atoms with Gasteiger partial charge in [0.1, 0.15) is 0 Å². The van der Waals surface area contributed by atoms with Crippen LogP contribution in [0.25, 0.3) is 0 Å². The van der Waals surface area contributed by atoms with Crippen molar-refractivity contribution in [2.45, 2.75) is 52.4 Å². The number of hydrogen-bond acceptors (Lipinski definition) is 3. The van der Waals surface area contributed by atoms with Crippen molar-refractivity contribution in [1.82, 2.24) is 0 Å². The number of rotatable bonds is 1. The van der Waals surface area contributed by atoms with Gasteiger partial charge in [-0.2, -0.15) is 5.26 Å². The monoisotopic (exact) mass is 339 g/mol. The highest BCUT2D eigenvalue weighted by atomic mass is 16.3. The Labute approximate surface area is 150 Å². The standard InChI is InChI=1S/C22H29NO2/c1-21-5-3-13(25)8-18(21)12(11-24)7-16-17(21)4-6-22(2)19(10-23)14-9-15(14)20(16)22/h8,12,14-17,19-20,24H,3-7,9,11H2,1-2H3/t12-,14-,15+,16+,17-,19-,20-,21+,22+/m0/s1. The Kier molecular flexibility index (Phi) is 3.20. The van der Waals surface area contributed by atoms with Crippen LogP contribution in [0.5, 0.6) is 0 Å². The minimum Gasteiger partial charge on any atom is -0.396 e. The van der Waals surface area contributed by atoms with Crippen molar-refractivity contribution in [3.8, 4) is 6.07 Å². The second-order valence-corrected chi connectivity index (χ2v) is 10.1. The molecule has 5 aliphatic rings. The van der Waals surface area contributed by atoms with Gasteiger partial charge in [0, 0.05) is 18.9 Å². The third-order valence-corrected chi connectivity index (χ3v) is 9.27. The maximum absolute atomic E-state index is 12.1. The zero-order valence-corrected chi connectivity index (χ0v) is 15.4. The van der Waals surface area contributed by atoms with Gasteiger partial charge in [0.05, 0.1) is 12.0 Å². The number of nitriles is 1. The summed E-state index contributed by atoms with van der Waals surface area (Å²) in [6.07, 6.45) is 8.15. The van der Waals surface area contributed by atoms with Crippen LogP contribution in [0.1, 0.15) is 52.4 Å². The molecule has 0 heterocycles. The van der Waals surface area contributed by atoms with E-state index in [0.29, 0.717) is 30.1 Å². The number of carbonyl (C=O) groups excluding carboxylic acids is 1. The van der Waals surface area contributed by atoms with Crippen molar-refractivity contribution in [2.75, 3.05) is 6.61 Å². The van der Waals surface area contributed by atoms with Crippen LogP contribution in [0, 0.1) is 63.6 Å². The zero-order chi connectivity index (χ0) is 17.6. The van der Waals surface area contributed by atoms with Gasteiger partial charge >= 0.3 is 0 Å². The molecule has 0 saturated heterocycles. The highest BCUT2D eigenvalue weighted by Gasteiger charge is 2.70. The second-order valence-electron chi connectivity index (χ2n) is 10.1. The van der Waals surface area contributed by atoms with Gasteiger partial charge in [-0.15, -0.1) is 0 Å². The van der Waals surface area contributed by atoms with Gasteiger partial charge in [-0.25, -0.2) is 0 Å². The molecule has 3 nitrogen and oxygen atoms in total. The van der Waals surface area contributed by atoms with Crippen LogP contribution in [-0.4, -0.2) is 17.5 Å². The molecule has 5 rings (SSSR count). The van der Waals surface area contributed by atoms with Crippen molar-refractivity contribution in [3.63, 3.8) is 0 Å². The van der Waals surface area contributed by atoms with Gasteiger partial charge in [-0.1, -0.05) is 19.4 Å². The number of hydrogen-bond donors (Lipinski definition) is 1. The Hall–Kier alpha value is -1.14. The minimum atomic E-state index is 0.0840. The fraction of sp³-hybridized carbons (Fsp3) is 0.818. The molecule has 0 aromatic carbocycles. The normalized spacial score (nSPS) is 56.0. The molecule has 1 N–H and O–H groups in total. The number of aliphatic hydroxyl groups is 1. The maximum atomic E-state index is 12.1. The predicted octanol–water partition coefficient (Wildman–Crippen LogP) is 3.73. The Bertz CT molecular complexity index is 705. The molecule has 134 valence electrons. The number of aliphatic hydroxyl groups excluding tert-OH is 1. The lowest BCUT2D eigenvalue weighted by atomic mass is 9.44. The molecule has 0 unspecified atom stereocenters. The third kappa shape index (κ3) is 1.87. The summed E-state index contributed by atoms with van der Waals surface area (Å²) in [6, 6.07) is 2.68. The van der Waals surface area contributed by atoms with E-state index < -0.39 is 0 Å². The third-order valence-electron chi connectivity index (χ3n) is 9.27. The number of fused-ring (bicyclic) bond motifs is 7. The van der Waals surface area contributed by atoms with Gasteiger partial charge in [0.25, 0.3) is 0 Å². The van der Waals surface area contributed by atoms with Crippen LogP contribution in [0.2, 0.25) is 0 Å². The van der Waals surface area contributed by atoms with Crippen molar-refractivity contribution in [2.24, 2.45) is 52.3 Å². The molecule has 3 heteroatoms. The first kappa shape index (κ1) is 16.1. The summed E-state index contributed by atoms with van der Waals surface area (Å²) < 4.78 is 0. The molecular weight excluding hydrogens is 310 g/mol. The zero-order valence-electron chi connectivity index (χ0n) is 15.4. The van der Waals surface area contributed by atoms with Crippen LogP contribution in [0.15, 0.2) is 11.6 Å². The largest absolute Gasteiger partial charge is 0.396 e. The summed E-state index contributed by atoms with van der Waals surface area (Å²) in [5.74, 6) is 3.95. The molecular formula is C22H29NO2. The predicted molar refractivity (Wildman–Crippen MR) is 94.1 cm³/mol. The number of nitrogens with zero attached hydrogens (tertiary/aromatic N) is 1. The first-order chi connectivity index (χ1) is 11.9. The van der Waals surface area contributed by atoms with Crippen LogP contribution in [-0.2, 0) is 4.79 Å². The molecule has 5 aliphatic carbocycles. The van der Waals surface area contributed by atoms with Gasteiger partial charge in [0.15, 0.2) is 5.78 Å². The Balaban J connectivity index is 1.57. The molecule has 0 spiro atoms. The average Bonchev–Trinajstić information content (AvgIpc) is 3.30. The lowest BCUT2D eigenvalue weighted by Crippen LogP contribution is -2.54. The number of carbonyl (C=O) groups is 1. The van der Waals surface area contributed by atoms with E-state index in [-0.39, 0.29) is 35.1 Å². The molecule has 9 atom stereocenters. The fourth-order valence-corrected chi connectivity index (χ4v) is 8.17. The van der Waals surface area contributed by atoms with E-state index >= 15 is 0 Å². The van der Waals surface area contributed by atoms with Crippen LogP contribution < -0.4 is 0 Å². The van der Waals surface area contributed by atoms with Crippen molar-refractivity contribution >= 4 is 5.78 Å². The first-order valence-corrected chi connectivity index (χ1v) is 10.2. The van der Waals surface area contributed by atoms with Crippen molar-refractivity contribution in [3.05, 3.63) is 11.6 Å². The smallest absolute Gasteiger partial charge is 0.155 e. The van der Waals surface area contributed by atoms with E-state index in [2.05, 4.69) is 19.9 Å². The lowest BCUT2D eigenvalue weighted by Gasteiger charge is -2.60. The van der Waals surface area contributed by atoms with Crippen LogP contribution >= 0.6 is 0 Å². The van der Waals surface area contributed by atoms with Gasteiger partial charge in [-0.05, 0) is 78.6 Å². The summed E-state index contributed by atoms with van der Waals surface area (Å²) in [7, 11) is 0. The highest BCUT2D eigenvalue weighted by Crippen LogP contribution is 2.75. The van der Waals surface area contributed by atoms with Crippen LogP contribution in [0.3, 0.4) is 0 Å². The molecule has 0 radical (unpaired) electrons. The highest BCUT2D eigenvalue weighted by molar-refractivity contribution is 5.91. The van der Waals surface area contributed by atoms with Crippen LogP contribution in [0.4, 0.5) is 0 Å². The van der Waals surface area contributed by atoms with E-state index in [1.807, 2.05) is 6.08 Å². The van der Waals surface area contributed by atoms with Gasteiger partial charge in [-0.3, -0.25) is 4.79 Å². The van der Waals surface area contributed by atoms with Gasteiger partial charge in [0.2, 0.25) is 0 Å². The average molecular weight is 339 g/mol. The number of ketones is 1. The molecule has 0 aromatic rings. The molecule has 4 saturated carbocycles. The lowest BCUT2D eigenvalue weighted by molar-refractivity contribution is -0.118. The van der Waals surface area contributed by atoms with E-state index in [9.17, 15) is 15.2 Å². The molecule has 0 aliphatic heterocycles. The van der Waals surface area contributed by atoms with E-state index in [1.54, 1.807) is 0 Å². The molecule has 25 heavy (non-hydrogen) atoms. The van der Waals surface area contributed by atoms with E-state index in [0.717, 1.165) is 18.8 Å². The summed E-state index contributed by atoms with van der Waals surface area (Å²) in [5, 5.41) is 19.9. The summed E-state index contributed by atoms with van der Waals surface area (Å²) >= 11 is 0. The summed E-state index contributed by atoms with van der Waals surface area (Å²) in [5.41, 5.74) is 1.52. The molecule has 4 fully saturated rings. The second kappa shape index (κ2) is 4.97. The van der Waals surface area contributed by atoms with E-state index in [1.165, 1.54) is 24.8 Å². The minimum absolute atomic E-state index is 0.0840. The first-order valence-electron chi connectivity index (χ1n) is 10.2. The SMILES string of the molecule is C[C@]12CC[C@H]3[C@@H](C[C@@H](CO)C4=CC(=O)CC[C@@]43C)[C@@H]1[C@@H]1C[C@@H]1[C@@H]2C#N. The molecule has 0 bridgehead atoms. The van der Waals surface area contributed by atoms with E-state index in [4.69, 9.17) is 0 Å². The molecule has 0 amide bonds. The maximum Gasteiger partial charge on any atom is 0.155 e. The Morgan fingerprint density at radius 2 is 2.04 bits per heavy atom.